The molecule has 45 heavy (non-hydrogen) atoms. The third-order valence-corrected chi connectivity index (χ3v) is 8.45. The predicted octanol–water partition coefficient (Wildman–Crippen LogP) is 7.08. The maximum absolute atomic E-state index is 12.6. The second-order valence-corrected chi connectivity index (χ2v) is 11.6. The lowest BCUT2D eigenvalue weighted by atomic mass is 9.92. The molecule has 1 aliphatic heterocycles. The number of aryl methyl sites for hydroxylation is 1. The van der Waals surface area contributed by atoms with E-state index >= 15 is 0 Å². The van der Waals surface area contributed by atoms with E-state index in [2.05, 4.69) is 43.2 Å². The van der Waals surface area contributed by atoms with Crippen molar-refractivity contribution >= 4 is 17.2 Å². The van der Waals surface area contributed by atoms with Crippen LogP contribution in [0.4, 0.5) is 5.69 Å². The number of carbonyl (C=O) groups excluding carboxylic acids is 1. The monoisotopic (exact) mass is 604 g/mol. The van der Waals surface area contributed by atoms with Crippen LogP contribution in [0.3, 0.4) is 0 Å². The number of piperidine rings is 1. The van der Waals surface area contributed by atoms with Crippen LogP contribution < -0.4 is 9.64 Å². The molecule has 0 amide bonds. The molecular weight excluding hydrogens is 564 g/mol. The fourth-order valence-electron chi connectivity index (χ4n) is 5.86. The Kier molecular flexibility index (Phi) is 9.70. The highest BCUT2D eigenvalue weighted by atomic mass is 16.5. The number of hydrogen-bond donors (Lipinski definition) is 0. The molecule has 0 unspecified atom stereocenters. The Hall–Kier alpha value is -4.87. The maximum atomic E-state index is 12.6. The fourth-order valence-corrected chi connectivity index (χ4v) is 5.86. The number of anilines is 1. The molecular formula is C37H40N4O4. The van der Waals surface area contributed by atoms with Crippen molar-refractivity contribution in [3.05, 3.63) is 96.7 Å². The van der Waals surface area contributed by atoms with Gasteiger partial charge in [0.25, 0.3) is 0 Å². The van der Waals surface area contributed by atoms with E-state index in [1.165, 1.54) is 7.11 Å². The van der Waals surface area contributed by atoms with Gasteiger partial charge in [0.2, 0.25) is 0 Å². The summed E-state index contributed by atoms with van der Waals surface area (Å²) < 4.78 is 19.2. The minimum Gasteiger partial charge on any atom is -0.493 e. The average Bonchev–Trinajstić information content (AvgIpc) is 3.48. The van der Waals surface area contributed by atoms with Gasteiger partial charge in [-0.05, 0) is 80.1 Å². The number of ether oxygens (including phenoxy) is 3. The topological polar surface area (TPSA) is 89.1 Å². The van der Waals surface area contributed by atoms with Gasteiger partial charge in [0.1, 0.15) is 5.75 Å². The first-order valence-corrected chi connectivity index (χ1v) is 15.3. The van der Waals surface area contributed by atoms with Crippen LogP contribution in [0.2, 0.25) is 0 Å². The third kappa shape index (κ3) is 6.95. The summed E-state index contributed by atoms with van der Waals surface area (Å²) in [5.74, 6) is 0.431. The quantitative estimate of drug-likeness (QED) is 0.0970. The lowest BCUT2D eigenvalue weighted by Crippen LogP contribution is -2.45. The van der Waals surface area contributed by atoms with Gasteiger partial charge >= 0.3 is 5.97 Å². The SMILES string of the molecule is C=CCCOc1ccc(C#N)cc1-c1cccc(-c2cc3c(N4CCC(C)(OCC=C)CC4)c(CC(=O)OC)c(C)cn3n2)c1. The molecule has 1 aliphatic rings. The van der Waals surface area contributed by atoms with E-state index in [0.29, 0.717) is 24.5 Å². The van der Waals surface area contributed by atoms with E-state index in [1.807, 2.05) is 54.0 Å². The van der Waals surface area contributed by atoms with Crippen LogP contribution in [0.25, 0.3) is 27.9 Å². The van der Waals surface area contributed by atoms with Crippen LogP contribution >= 0.6 is 0 Å². The number of hydrogen-bond acceptors (Lipinski definition) is 7. The lowest BCUT2D eigenvalue weighted by Gasteiger charge is -2.41. The molecule has 4 aromatic rings. The van der Waals surface area contributed by atoms with Crippen molar-refractivity contribution < 1.29 is 19.0 Å². The Balaban J connectivity index is 1.56. The largest absolute Gasteiger partial charge is 0.493 e. The number of carbonyl (C=O) groups is 1. The van der Waals surface area contributed by atoms with Crippen LogP contribution in [0.5, 0.6) is 5.75 Å². The molecule has 0 saturated carbocycles. The summed E-state index contributed by atoms with van der Waals surface area (Å²) in [4.78, 5) is 14.9. The number of methoxy groups -OCH3 is 1. The maximum Gasteiger partial charge on any atom is 0.310 e. The molecule has 0 bridgehead atoms. The Labute approximate surface area is 265 Å². The molecule has 1 fully saturated rings. The fraction of sp³-hybridized carbons (Fsp3) is 0.324. The van der Waals surface area contributed by atoms with E-state index in [9.17, 15) is 10.1 Å². The van der Waals surface area contributed by atoms with E-state index in [1.54, 1.807) is 12.1 Å². The van der Waals surface area contributed by atoms with Crippen molar-refractivity contribution in [3.8, 4) is 34.2 Å². The van der Waals surface area contributed by atoms with E-state index in [-0.39, 0.29) is 18.0 Å². The molecule has 2 aromatic carbocycles. The molecule has 8 nitrogen and oxygen atoms in total. The molecule has 1 saturated heterocycles. The van der Waals surface area contributed by atoms with Crippen molar-refractivity contribution in [2.24, 2.45) is 0 Å². The lowest BCUT2D eigenvalue weighted by molar-refractivity contribution is -0.139. The number of aromatic nitrogens is 2. The standard InChI is InChI=1S/C37H40N4O4/c1-6-8-19-44-34-13-12-27(24-38)20-31(34)28-10-9-11-29(21-28)32-23-33-36(40-16-14-37(4,15-17-40)45-18-7-2)30(22-35(42)43-5)26(3)25-41(33)39-32/h6-7,9-13,20-21,23,25H,1-2,8,14-19,22H2,3-5H3. The molecule has 5 rings (SSSR count). The molecule has 8 heteroatoms. The van der Waals surface area contributed by atoms with Gasteiger partial charge in [0.15, 0.2) is 0 Å². The summed E-state index contributed by atoms with van der Waals surface area (Å²) in [5, 5.41) is 14.6. The highest BCUT2D eigenvalue weighted by molar-refractivity contribution is 5.86. The van der Waals surface area contributed by atoms with Crippen molar-refractivity contribution in [1.82, 2.24) is 9.61 Å². The van der Waals surface area contributed by atoms with Gasteiger partial charge in [0.05, 0.1) is 60.9 Å². The molecule has 0 aliphatic carbocycles. The first kappa shape index (κ1) is 31.6. The normalized spacial score (nSPS) is 14.1. The van der Waals surface area contributed by atoms with Gasteiger partial charge in [-0.25, -0.2) is 4.52 Å². The van der Waals surface area contributed by atoms with Crippen LogP contribution in [0.1, 0.15) is 42.9 Å². The molecule has 0 spiro atoms. The Morgan fingerprint density at radius 2 is 1.89 bits per heavy atom. The zero-order valence-corrected chi connectivity index (χ0v) is 26.3. The van der Waals surface area contributed by atoms with E-state index in [4.69, 9.17) is 19.3 Å². The molecule has 0 atom stereocenters. The molecule has 0 N–H and O–H groups in total. The van der Waals surface area contributed by atoms with E-state index < -0.39 is 0 Å². The zero-order valence-electron chi connectivity index (χ0n) is 26.3. The Morgan fingerprint density at radius 3 is 2.60 bits per heavy atom. The molecule has 0 radical (unpaired) electrons. The van der Waals surface area contributed by atoms with Gasteiger partial charge in [-0.2, -0.15) is 10.4 Å². The van der Waals surface area contributed by atoms with Crippen LogP contribution in [0.15, 0.2) is 80.0 Å². The summed E-state index contributed by atoms with van der Waals surface area (Å²) in [6.07, 6.45) is 8.18. The third-order valence-electron chi connectivity index (χ3n) is 8.45. The number of nitrogens with zero attached hydrogens (tertiary/aromatic N) is 4. The zero-order chi connectivity index (χ0) is 32.0. The second kappa shape index (κ2) is 13.8. The summed E-state index contributed by atoms with van der Waals surface area (Å²) in [7, 11) is 1.42. The second-order valence-electron chi connectivity index (χ2n) is 11.6. The van der Waals surface area contributed by atoms with Crippen LogP contribution in [-0.4, -0.2) is 54.6 Å². The van der Waals surface area contributed by atoms with Gasteiger partial charge in [0, 0.05) is 30.4 Å². The Bertz CT molecular complexity index is 1760. The molecule has 2 aromatic heterocycles. The highest BCUT2D eigenvalue weighted by Gasteiger charge is 2.33. The predicted molar refractivity (Wildman–Crippen MR) is 178 cm³/mol. The van der Waals surface area contributed by atoms with E-state index in [0.717, 1.165) is 77.1 Å². The van der Waals surface area contributed by atoms with Crippen molar-refractivity contribution in [3.63, 3.8) is 0 Å². The summed E-state index contributed by atoms with van der Waals surface area (Å²) in [5.41, 5.74) is 7.67. The van der Waals surface area contributed by atoms with Gasteiger partial charge in [-0.3, -0.25) is 4.79 Å². The highest BCUT2D eigenvalue weighted by Crippen LogP contribution is 2.38. The number of pyridine rings is 1. The summed E-state index contributed by atoms with van der Waals surface area (Å²) in [6, 6.07) is 17.9. The summed E-state index contributed by atoms with van der Waals surface area (Å²) >= 11 is 0. The minimum absolute atomic E-state index is 0.175. The van der Waals surface area contributed by atoms with Gasteiger partial charge in [-0.15, -0.1) is 13.2 Å². The smallest absolute Gasteiger partial charge is 0.310 e. The number of fused-ring (bicyclic) bond motifs is 1. The van der Waals surface area contributed by atoms with Crippen molar-refractivity contribution in [1.29, 1.82) is 5.26 Å². The number of nitriles is 1. The Morgan fingerprint density at radius 1 is 1.11 bits per heavy atom. The first-order valence-electron chi connectivity index (χ1n) is 15.3. The van der Waals surface area contributed by atoms with Crippen molar-refractivity contribution in [2.45, 2.75) is 45.1 Å². The van der Waals surface area contributed by atoms with Crippen LogP contribution in [-0.2, 0) is 20.7 Å². The number of rotatable bonds is 12. The van der Waals surface area contributed by atoms with Gasteiger partial charge < -0.3 is 19.1 Å². The first-order chi connectivity index (χ1) is 21.8. The minimum atomic E-state index is -0.280. The number of benzene rings is 2. The van der Waals surface area contributed by atoms with Crippen molar-refractivity contribution in [2.75, 3.05) is 38.3 Å². The van der Waals surface area contributed by atoms with Crippen LogP contribution in [0, 0.1) is 18.3 Å². The molecule has 3 heterocycles. The molecule has 232 valence electrons. The average molecular weight is 605 g/mol. The summed E-state index contributed by atoms with van der Waals surface area (Å²) in [6.45, 7) is 14.3. The number of esters is 1. The van der Waals surface area contributed by atoms with Gasteiger partial charge in [-0.1, -0.05) is 30.4 Å².